The van der Waals surface area contributed by atoms with E-state index >= 15 is 0 Å². The van der Waals surface area contributed by atoms with E-state index in [4.69, 9.17) is 9.47 Å². The van der Waals surface area contributed by atoms with Gasteiger partial charge in [0.25, 0.3) is 0 Å². The summed E-state index contributed by atoms with van der Waals surface area (Å²) < 4.78 is 12.3. The van der Waals surface area contributed by atoms with Crippen LogP contribution in [-0.2, 0) is 6.54 Å². The predicted octanol–water partition coefficient (Wildman–Crippen LogP) is 4.77. The summed E-state index contributed by atoms with van der Waals surface area (Å²) in [6.07, 6.45) is 1.03. The van der Waals surface area contributed by atoms with Crippen LogP contribution in [0.3, 0.4) is 0 Å². The third-order valence-electron chi connectivity index (χ3n) is 3.05. The molecule has 0 aromatic heterocycles. The molecule has 0 unspecified atom stereocenters. The molecule has 0 heterocycles. The fourth-order valence-corrected chi connectivity index (χ4v) is 2.38. The van der Waals surface area contributed by atoms with Crippen molar-refractivity contribution < 1.29 is 9.47 Å². The van der Waals surface area contributed by atoms with E-state index < -0.39 is 0 Å². The summed E-state index contributed by atoms with van der Waals surface area (Å²) in [5, 5.41) is 3.48. The van der Waals surface area contributed by atoms with Gasteiger partial charge in [0.05, 0.1) is 18.2 Å². The first-order valence-electron chi connectivity index (χ1n) is 7.47. The molecule has 0 aliphatic heterocycles. The van der Waals surface area contributed by atoms with Gasteiger partial charge < -0.3 is 14.8 Å². The number of rotatable bonds is 7. The molecule has 0 aliphatic rings. The van der Waals surface area contributed by atoms with Crippen molar-refractivity contribution in [3.63, 3.8) is 0 Å². The van der Waals surface area contributed by atoms with Crippen molar-refractivity contribution in [2.45, 2.75) is 53.1 Å². The van der Waals surface area contributed by atoms with E-state index in [1.165, 1.54) is 5.56 Å². The van der Waals surface area contributed by atoms with Crippen LogP contribution in [0, 0.1) is 5.92 Å². The molecule has 1 rings (SSSR count). The lowest BCUT2D eigenvalue weighted by molar-refractivity contribution is 0.271. The number of hydrogen-bond acceptors (Lipinski definition) is 3. The van der Waals surface area contributed by atoms with Gasteiger partial charge in [-0.15, -0.1) is 0 Å². The molecule has 0 bridgehead atoms. The fourth-order valence-electron chi connectivity index (χ4n) is 1.78. The lowest BCUT2D eigenvalue weighted by Gasteiger charge is -2.21. The number of nitrogens with one attached hydrogen (secondary N) is 1. The van der Waals surface area contributed by atoms with Crippen LogP contribution >= 0.6 is 15.9 Å². The second-order valence-electron chi connectivity index (χ2n) is 6.74. The van der Waals surface area contributed by atoms with Crippen molar-refractivity contribution in [3.05, 3.63) is 22.2 Å². The molecule has 0 amide bonds. The topological polar surface area (TPSA) is 30.5 Å². The van der Waals surface area contributed by atoms with Crippen molar-refractivity contribution >= 4 is 15.9 Å². The Bertz CT molecular complexity index is 453. The van der Waals surface area contributed by atoms with Crippen molar-refractivity contribution in [3.8, 4) is 11.5 Å². The standard InChI is InChI=1S/C17H28BrNO2/c1-12(2)7-8-21-16-14(18)9-13(10-15(16)20-6)11-19-17(3,4)5/h9-10,12,19H,7-8,11H2,1-6H3. The van der Waals surface area contributed by atoms with Crippen LogP contribution in [0.1, 0.15) is 46.6 Å². The maximum atomic E-state index is 5.88. The van der Waals surface area contributed by atoms with Crippen LogP contribution in [-0.4, -0.2) is 19.3 Å². The molecule has 0 aliphatic carbocycles. The van der Waals surface area contributed by atoms with Gasteiger partial charge in [-0.25, -0.2) is 0 Å². The molecule has 0 saturated heterocycles. The quantitative estimate of drug-likeness (QED) is 0.762. The third kappa shape index (κ3) is 6.70. The molecule has 1 aromatic carbocycles. The highest BCUT2D eigenvalue weighted by Crippen LogP contribution is 2.37. The van der Waals surface area contributed by atoms with Crippen LogP contribution in [0.5, 0.6) is 11.5 Å². The van der Waals surface area contributed by atoms with Crippen molar-refractivity contribution in [1.82, 2.24) is 5.32 Å². The van der Waals surface area contributed by atoms with E-state index in [1.807, 2.05) is 6.07 Å². The Morgan fingerprint density at radius 3 is 2.43 bits per heavy atom. The Balaban J connectivity index is 2.81. The molecule has 0 saturated carbocycles. The largest absolute Gasteiger partial charge is 0.493 e. The van der Waals surface area contributed by atoms with Gasteiger partial charge in [-0.1, -0.05) is 13.8 Å². The summed E-state index contributed by atoms with van der Waals surface area (Å²) in [4.78, 5) is 0. The van der Waals surface area contributed by atoms with Gasteiger partial charge in [-0.2, -0.15) is 0 Å². The van der Waals surface area contributed by atoms with Gasteiger partial charge in [0.2, 0.25) is 0 Å². The average Bonchev–Trinajstić information content (AvgIpc) is 2.37. The number of halogens is 1. The SMILES string of the molecule is COc1cc(CNC(C)(C)C)cc(Br)c1OCCC(C)C. The number of hydrogen-bond donors (Lipinski definition) is 1. The van der Waals surface area contributed by atoms with Gasteiger partial charge in [0.15, 0.2) is 11.5 Å². The summed E-state index contributed by atoms with van der Waals surface area (Å²) in [5.74, 6) is 2.20. The minimum atomic E-state index is 0.0894. The highest BCUT2D eigenvalue weighted by Gasteiger charge is 2.14. The van der Waals surface area contributed by atoms with E-state index in [2.05, 4.69) is 61.9 Å². The summed E-state index contributed by atoms with van der Waals surface area (Å²) >= 11 is 3.59. The number of methoxy groups -OCH3 is 1. The first-order chi connectivity index (χ1) is 9.73. The molecule has 1 aromatic rings. The van der Waals surface area contributed by atoms with Gasteiger partial charge in [-0.05, 0) is 66.7 Å². The van der Waals surface area contributed by atoms with Crippen molar-refractivity contribution in [1.29, 1.82) is 0 Å². The molecule has 0 atom stereocenters. The zero-order chi connectivity index (χ0) is 16.0. The molecule has 3 nitrogen and oxygen atoms in total. The van der Waals surface area contributed by atoms with E-state index in [1.54, 1.807) is 7.11 Å². The lowest BCUT2D eigenvalue weighted by Crippen LogP contribution is -2.35. The zero-order valence-corrected chi connectivity index (χ0v) is 15.6. The first kappa shape index (κ1) is 18.3. The Hall–Kier alpha value is -0.740. The van der Waals surface area contributed by atoms with Crippen LogP contribution in [0.2, 0.25) is 0 Å². The maximum Gasteiger partial charge on any atom is 0.175 e. The highest BCUT2D eigenvalue weighted by molar-refractivity contribution is 9.10. The predicted molar refractivity (Wildman–Crippen MR) is 92.2 cm³/mol. The average molecular weight is 358 g/mol. The van der Waals surface area contributed by atoms with Crippen LogP contribution in [0.25, 0.3) is 0 Å². The molecule has 0 radical (unpaired) electrons. The van der Waals surface area contributed by atoms with Gasteiger partial charge in [0, 0.05) is 12.1 Å². The molecule has 4 heteroatoms. The summed E-state index contributed by atoms with van der Waals surface area (Å²) in [5.41, 5.74) is 1.26. The molecule has 120 valence electrons. The summed E-state index contributed by atoms with van der Waals surface area (Å²) in [6.45, 7) is 12.3. The van der Waals surface area contributed by atoms with Gasteiger partial charge in [-0.3, -0.25) is 0 Å². The fraction of sp³-hybridized carbons (Fsp3) is 0.647. The molecule has 1 N–H and O–H groups in total. The van der Waals surface area contributed by atoms with E-state index in [9.17, 15) is 0 Å². The molecule has 0 spiro atoms. The Morgan fingerprint density at radius 2 is 1.90 bits per heavy atom. The third-order valence-corrected chi connectivity index (χ3v) is 3.64. The lowest BCUT2D eigenvalue weighted by atomic mass is 10.1. The van der Waals surface area contributed by atoms with Crippen LogP contribution in [0.4, 0.5) is 0 Å². The summed E-state index contributed by atoms with van der Waals surface area (Å²) in [6, 6.07) is 4.13. The van der Waals surface area contributed by atoms with E-state index in [-0.39, 0.29) is 5.54 Å². The van der Waals surface area contributed by atoms with Crippen molar-refractivity contribution in [2.75, 3.05) is 13.7 Å². The second kappa shape index (κ2) is 8.04. The zero-order valence-electron chi connectivity index (χ0n) is 14.0. The van der Waals surface area contributed by atoms with E-state index in [0.29, 0.717) is 12.5 Å². The van der Waals surface area contributed by atoms with Crippen LogP contribution < -0.4 is 14.8 Å². The van der Waals surface area contributed by atoms with E-state index in [0.717, 1.165) is 28.9 Å². The monoisotopic (exact) mass is 357 g/mol. The maximum absolute atomic E-state index is 5.88. The Kier molecular flexibility index (Phi) is 7.01. The smallest absolute Gasteiger partial charge is 0.175 e. The second-order valence-corrected chi connectivity index (χ2v) is 7.60. The highest BCUT2D eigenvalue weighted by atomic mass is 79.9. The number of benzene rings is 1. The van der Waals surface area contributed by atoms with Crippen molar-refractivity contribution in [2.24, 2.45) is 5.92 Å². The van der Waals surface area contributed by atoms with Crippen LogP contribution in [0.15, 0.2) is 16.6 Å². The molecular formula is C17H28BrNO2. The Morgan fingerprint density at radius 1 is 1.24 bits per heavy atom. The minimum absolute atomic E-state index is 0.0894. The Labute approximate surface area is 137 Å². The normalized spacial score (nSPS) is 11.8. The molecular weight excluding hydrogens is 330 g/mol. The summed E-state index contributed by atoms with van der Waals surface area (Å²) in [7, 11) is 1.68. The molecule has 0 fully saturated rings. The minimum Gasteiger partial charge on any atom is -0.493 e. The van der Waals surface area contributed by atoms with Gasteiger partial charge in [0.1, 0.15) is 0 Å². The number of ether oxygens (including phenoxy) is 2. The molecule has 21 heavy (non-hydrogen) atoms. The first-order valence-corrected chi connectivity index (χ1v) is 8.26. The van der Waals surface area contributed by atoms with Gasteiger partial charge >= 0.3 is 0 Å².